The number of aliphatic carboxylic acids is 1. The van der Waals surface area contributed by atoms with E-state index in [4.69, 9.17) is 14.6 Å². The third-order valence-electron chi connectivity index (χ3n) is 3.18. The summed E-state index contributed by atoms with van der Waals surface area (Å²) in [4.78, 5) is 35.6. The average molecular weight is 411 g/mol. The largest absolute Gasteiger partial charge is 0.493 e. The molecule has 0 spiro atoms. The Morgan fingerprint density at radius 3 is 2.76 bits per heavy atom. The molecular weight excluding hydrogens is 396 g/mol. The molecule has 0 saturated carbocycles. The van der Waals surface area contributed by atoms with E-state index in [2.05, 4.69) is 27.8 Å². The Kier molecular flexibility index (Phi) is 5.81. The van der Waals surface area contributed by atoms with Gasteiger partial charge in [-0.3, -0.25) is 9.69 Å². The highest BCUT2D eigenvalue weighted by molar-refractivity contribution is 9.10. The van der Waals surface area contributed by atoms with Gasteiger partial charge in [-0.25, -0.2) is 9.59 Å². The number of hydrogen-bond acceptors (Lipinski definition) is 5. The molecule has 1 aliphatic heterocycles. The molecule has 1 aromatic carbocycles. The second-order valence-corrected chi connectivity index (χ2v) is 5.76. The molecule has 0 radical (unpaired) electrons. The zero-order valence-electron chi connectivity index (χ0n) is 13.2. The minimum absolute atomic E-state index is 0.108. The Balaban J connectivity index is 2.33. The zero-order chi connectivity index (χ0) is 18.6. The normalized spacial score (nSPS) is 15.3. The fraction of sp³-hybridized carbons (Fsp3) is 0.188. The van der Waals surface area contributed by atoms with Crippen LogP contribution < -0.4 is 14.8 Å². The van der Waals surface area contributed by atoms with Crippen molar-refractivity contribution in [2.75, 3.05) is 20.3 Å². The van der Waals surface area contributed by atoms with Crippen molar-refractivity contribution in [2.24, 2.45) is 0 Å². The zero-order valence-corrected chi connectivity index (χ0v) is 14.8. The van der Waals surface area contributed by atoms with Gasteiger partial charge >= 0.3 is 12.0 Å². The second kappa shape index (κ2) is 7.84. The molecule has 2 rings (SSSR count). The summed E-state index contributed by atoms with van der Waals surface area (Å²) in [5.74, 6) is -1.09. The fourth-order valence-corrected chi connectivity index (χ4v) is 2.70. The van der Waals surface area contributed by atoms with E-state index in [0.717, 1.165) is 4.90 Å². The number of benzene rings is 1. The molecule has 0 aliphatic carbocycles. The lowest BCUT2D eigenvalue weighted by Gasteiger charge is -2.12. The molecule has 0 unspecified atom stereocenters. The van der Waals surface area contributed by atoms with E-state index in [0.29, 0.717) is 10.0 Å². The SMILES string of the molecule is C=CCN1C(=O)N/C(=C/c2cc(Br)c(OCC(=O)O)c(OC)c2)C1=O. The number of nitrogens with one attached hydrogen (secondary N) is 1. The lowest BCUT2D eigenvalue weighted by molar-refractivity contribution is -0.139. The minimum Gasteiger partial charge on any atom is -0.493 e. The average Bonchev–Trinajstić information content (AvgIpc) is 2.81. The summed E-state index contributed by atoms with van der Waals surface area (Å²) in [6.45, 7) is 3.08. The van der Waals surface area contributed by atoms with Gasteiger partial charge in [0.1, 0.15) is 5.70 Å². The number of imide groups is 1. The summed E-state index contributed by atoms with van der Waals surface area (Å²) in [5, 5.41) is 11.2. The van der Waals surface area contributed by atoms with E-state index in [1.165, 1.54) is 19.3 Å². The Labute approximate surface area is 151 Å². The molecular formula is C16H15BrN2O6. The van der Waals surface area contributed by atoms with Gasteiger partial charge in [-0.15, -0.1) is 6.58 Å². The Morgan fingerprint density at radius 2 is 2.16 bits per heavy atom. The minimum atomic E-state index is -1.12. The highest BCUT2D eigenvalue weighted by atomic mass is 79.9. The number of carbonyl (C=O) groups excluding carboxylic acids is 2. The number of carboxylic acids is 1. The van der Waals surface area contributed by atoms with E-state index < -0.39 is 24.5 Å². The maximum Gasteiger partial charge on any atom is 0.341 e. The summed E-state index contributed by atoms with van der Waals surface area (Å²) in [6, 6.07) is 2.65. The number of methoxy groups -OCH3 is 1. The number of urea groups is 1. The summed E-state index contributed by atoms with van der Waals surface area (Å²) in [6.07, 6.45) is 2.94. The van der Waals surface area contributed by atoms with E-state index in [-0.39, 0.29) is 23.7 Å². The van der Waals surface area contributed by atoms with Gasteiger partial charge in [0.2, 0.25) is 0 Å². The van der Waals surface area contributed by atoms with Crippen LogP contribution in [-0.2, 0) is 9.59 Å². The van der Waals surface area contributed by atoms with E-state index in [9.17, 15) is 14.4 Å². The van der Waals surface area contributed by atoms with Gasteiger partial charge in [0.25, 0.3) is 5.91 Å². The first-order valence-corrected chi connectivity index (χ1v) is 7.84. The van der Waals surface area contributed by atoms with Crippen LogP contribution >= 0.6 is 15.9 Å². The van der Waals surface area contributed by atoms with Crippen molar-refractivity contribution in [3.63, 3.8) is 0 Å². The summed E-state index contributed by atoms with van der Waals surface area (Å²) in [5.41, 5.74) is 0.663. The first-order chi connectivity index (χ1) is 11.9. The van der Waals surface area contributed by atoms with Crippen molar-refractivity contribution in [1.29, 1.82) is 0 Å². The van der Waals surface area contributed by atoms with Crippen LogP contribution in [0.5, 0.6) is 11.5 Å². The molecule has 1 aliphatic rings. The molecule has 25 heavy (non-hydrogen) atoms. The van der Waals surface area contributed by atoms with Crippen molar-refractivity contribution < 1.29 is 29.0 Å². The molecule has 132 valence electrons. The molecule has 9 heteroatoms. The monoisotopic (exact) mass is 410 g/mol. The van der Waals surface area contributed by atoms with Crippen LogP contribution in [0.25, 0.3) is 6.08 Å². The van der Waals surface area contributed by atoms with E-state index in [1.807, 2.05) is 0 Å². The van der Waals surface area contributed by atoms with E-state index in [1.54, 1.807) is 12.1 Å². The van der Waals surface area contributed by atoms with Crippen LogP contribution in [-0.4, -0.2) is 48.2 Å². The fourth-order valence-electron chi connectivity index (χ4n) is 2.13. The molecule has 1 saturated heterocycles. The lowest BCUT2D eigenvalue weighted by atomic mass is 10.1. The number of carbonyl (C=O) groups is 3. The molecule has 1 fully saturated rings. The molecule has 0 aromatic heterocycles. The molecule has 0 atom stereocenters. The molecule has 1 heterocycles. The number of hydrogen-bond donors (Lipinski definition) is 2. The molecule has 3 amide bonds. The molecule has 8 nitrogen and oxygen atoms in total. The maximum atomic E-state index is 12.2. The smallest absolute Gasteiger partial charge is 0.341 e. The van der Waals surface area contributed by atoms with Crippen molar-refractivity contribution in [2.45, 2.75) is 0 Å². The number of halogens is 1. The highest BCUT2D eigenvalue weighted by Gasteiger charge is 2.32. The summed E-state index contributed by atoms with van der Waals surface area (Å²) in [7, 11) is 1.40. The molecule has 1 aromatic rings. The van der Waals surface area contributed by atoms with Crippen LogP contribution in [0.1, 0.15) is 5.56 Å². The van der Waals surface area contributed by atoms with Crippen LogP contribution in [0, 0.1) is 0 Å². The van der Waals surface area contributed by atoms with Gasteiger partial charge in [0, 0.05) is 6.54 Å². The summed E-state index contributed by atoms with van der Waals surface area (Å²) >= 11 is 3.28. The van der Waals surface area contributed by atoms with Crippen molar-refractivity contribution in [3.05, 3.63) is 40.5 Å². The van der Waals surface area contributed by atoms with Crippen molar-refractivity contribution >= 4 is 39.9 Å². The quantitative estimate of drug-likeness (QED) is 0.404. The topological polar surface area (TPSA) is 105 Å². The van der Waals surface area contributed by atoms with Crippen LogP contribution in [0.4, 0.5) is 4.79 Å². The second-order valence-electron chi connectivity index (χ2n) is 4.91. The Morgan fingerprint density at radius 1 is 1.44 bits per heavy atom. The van der Waals surface area contributed by atoms with Crippen LogP contribution in [0.15, 0.2) is 35.0 Å². The van der Waals surface area contributed by atoms with Gasteiger partial charge in [-0.05, 0) is 39.7 Å². The van der Waals surface area contributed by atoms with Gasteiger partial charge in [0.15, 0.2) is 18.1 Å². The van der Waals surface area contributed by atoms with E-state index >= 15 is 0 Å². The first-order valence-electron chi connectivity index (χ1n) is 7.05. The third-order valence-corrected chi connectivity index (χ3v) is 3.77. The highest BCUT2D eigenvalue weighted by Crippen LogP contribution is 2.37. The standard InChI is InChI=1S/C16H15BrN2O6/c1-3-4-19-15(22)11(18-16(19)23)6-9-5-10(17)14(12(7-9)24-2)25-8-13(20)21/h3,5-7H,1,4,8H2,2H3,(H,18,23)(H,20,21)/b11-6+. The molecule has 2 N–H and O–H groups in total. The maximum absolute atomic E-state index is 12.2. The number of rotatable bonds is 7. The number of ether oxygens (including phenoxy) is 2. The van der Waals surface area contributed by atoms with Gasteiger partial charge in [0.05, 0.1) is 11.6 Å². The third kappa shape index (κ3) is 4.18. The van der Waals surface area contributed by atoms with Crippen molar-refractivity contribution in [1.82, 2.24) is 10.2 Å². The summed E-state index contributed by atoms with van der Waals surface area (Å²) < 4.78 is 10.8. The molecule has 0 bridgehead atoms. The van der Waals surface area contributed by atoms with Crippen LogP contribution in [0.2, 0.25) is 0 Å². The lowest BCUT2D eigenvalue weighted by Crippen LogP contribution is -2.30. The van der Waals surface area contributed by atoms with Gasteiger partial charge in [-0.1, -0.05) is 6.08 Å². The Bertz CT molecular complexity index is 774. The number of amides is 3. The number of nitrogens with zero attached hydrogens (tertiary/aromatic N) is 1. The van der Waals surface area contributed by atoms with Crippen molar-refractivity contribution in [3.8, 4) is 11.5 Å². The predicted octanol–water partition coefficient (Wildman–Crippen LogP) is 2.00. The number of carboxylic acid groups (broad SMARTS) is 1. The van der Waals surface area contributed by atoms with Gasteiger partial charge in [-0.2, -0.15) is 0 Å². The first kappa shape index (κ1) is 18.5. The van der Waals surface area contributed by atoms with Gasteiger partial charge < -0.3 is 19.9 Å². The Hall–Kier alpha value is -2.81. The van der Waals surface area contributed by atoms with Crippen LogP contribution in [0.3, 0.4) is 0 Å². The predicted molar refractivity (Wildman–Crippen MR) is 92.2 cm³/mol.